The molecule has 0 amide bonds. The molecule has 200 valence electrons. The molecule has 1 fully saturated rings. The van der Waals surface area contributed by atoms with Crippen molar-refractivity contribution in [1.82, 2.24) is 0 Å². The number of alkyl halides is 2. The van der Waals surface area contributed by atoms with Gasteiger partial charge in [0.15, 0.2) is 6.29 Å². The number of allylic oxidation sites excluding steroid dienone is 1. The summed E-state index contributed by atoms with van der Waals surface area (Å²) in [5.74, 6) is -2.17. The van der Waals surface area contributed by atoms with E-state index in [1.165, 1.54) is 6.07 Å². The second kappa shape index (κ2) is 11.6. The summed E-state index contributed by atoms with van der Waals surface area (Å²) in [4.78, 5) is 2.35. The Bertz CT molecular complexity index is 1270. The number of nitrogens with zero attached hydrogens (tertiary/aromatic N) is 1. The largest absolute Gasteiger partial charge is 0.489 e. The number of anilines is 1. The van der Waals surface area contributed by atoms with Crippen molar-refractivity contribution in [1.29, 1.82) is 0 Å². The number of fused-ring (bicyclic) bond motifs is 1. The van der Waals surface area contributed by atoms with Crippen LogP contribution in [0.4, 0.5) is 14.5 Å². The van der Waals surface area contributed by atoms with E-state index in [4.69, 9.17) is 14.2 Å². The molecule has 38 heavy (non-hydrogen) atoms. The fraction of sp³-hybridized carbons (Fsp3) is 0.355. The van der Waals surface area contributed by atoms with Crippen LogP contribution in [0.25, 0.3) is 5.57 Å². The smallest absolute Gasteiger partial charge is 0.278 e. The Balaban J connectivity index is 1.34. The number of piperidine rings is 1. The van der Waals surface area contributed by atoms with Crippen LogP contribution >= 0.6 is 15.9 Å². The molecular weight excluding hydrogens is 552 g/mol. The molecule has 1 heterocycles. The van der Waals surface area contributed by atoms with Gasteiger partial charge in [0.1, 0.15) is 12.4 Å². The van der Waals surface area contributed by atoms with Crippen LogP contribution in [0.5, 0.6) is 5.75 Å². The van der Waals surface area contributed by atoms with Gasteiger partial charge >= 0.3 is 0 Å². The zero-order valence-electron chi connectivity index (χ0n) is 21.6. The second-order valence-electron chi connectivity index (χ2n) is 9.85. The summed E-state index contributed by atoms with van der Waals surface area (Å²) in [6.45, 7) is 2.16. The van der Waals surface area contributed by atoms with Gasteiger partial charge in [0.2, 0.25) is 0 Å². The summed E-state index contributed by atoms with van der Waals surface area (Å²) in [7, 11) is 3.37. The number of hydrogen-bond acceptors (Lipinski definition) is 4. The lowest BCUT2D eigenvalue weighted by molar-refractivity contribution is -0.141. The molecule has 1 aliphatic heterocycles. The normalized spacial score (nSPS) is 17.6. The Kier molecular flexibility index (Phi) is 8.17. The summed E-state index contributed by atoms with van der Waals surface area (Å²) >= 11 is 3.48. The van der Waals surface area contributed by atoms with Crippen LogP contribution in [-0.4, -0.2) is 33.6 Å². The maximum Gasteiger partial charge on any atom is 0.278 e. The predicted molar refractivity (Wildman–Crippen MR) is 150 cm³/mol. The first kappa shape index (κ1) is 26.9. The Morgan fingerprint density at radius 1 is 0.947 bits per heavy atom. The number of rotatable bonds is 8. The molecule has 1 aliphatic carbocycles. The molecule has 0 saturated carbocycles. The van der Waals surface area contributed by atoms with Gasteiger partial charge in [0, 0.05) is 55.4 Å². The molecule has 1 saturated heterocycles. The van der Waals surface area contributed by atoms with Crippen molar-refractivity contribution >= 4 is 27.2 Å². The van der Waals surface area contributed by atoms with Gasteiger partial charge in [-0.1, -0.05) is 64.5 Å². The van der Waals surface area contributed by atoms with E-state index < -0.39 is 5.92 Å². The third kappa shape index (κ3) is 5.65. The molecule has 0 unspecified atom stereocenters. The van der Waals surface area contributed by atoms with Gasteiger partial charge in [-0.25, -0.2) is 8.78 Å². The van der Waals surface area contributed by atoms with E-state index in [0.29, 0.717) is 28.3 Å². The molecule has 5 rings (SSSR count). The molecule has 3 aromatic rings. The minimum Gasteiger partial charge on any atom is -0.489 e. The van der Waals surface area contributed by atoms with Crippen LogP contribution in [0.3, 0.4) is 0 Å². The minimum atomic E-state index is -2.99. The Labute approximate surface area is 231 Å². The first-order valence-corrected chi connectivity index (χ1v) is 13.7. The van der Waals surface area contributed by atoms with Gasteiger partial charge in [-0.15, -0.1) is 0 Å². The molecule has 0 radical (unpaired) electrons. The van der Waals surface area contributed by atoms with E-state index in [9.17, 15) is 0 Å². The number of ether oxygens (including phenoxy) is 3. The van der Waals surface area contributed by atoms with Crippen LogP contribution < -0.4 is 9.64 Å². The quantitative estimate of drug-likeness (QED) is 0.254. The van der Waals surface area contributed by atoms with Gasteiger partial charge < -0.3 is 19.1 Å². The van der Waals surface area contributed by atoms with E-state index in [1.807, 2.05) is 42.5 Å². The van der Waals surface area contributed by atoms with Crippen molar-refractivity contribution in [3.05, 3.63) is 99.5 Å². The molecule has 0 aromatic heterocycles. The maximum atomic E-state index is 15.2. The van der Waals surface area contributed by atoms with Gasteiger partial charge in [-0.2, -0.15) is 0 Å². The minimum absolute atomic E-state index is 0.00162. The molecule has 0 spiro atoms. The van der Waals surface area contributed by atoms with Gasteiger partial charge in [0.25, 0.3) is 5.92 Å². The van der Waals surface area contributed by atoms with Crippen molar-refractivity contribution in [2.45, 2.75) is 38.1 Å². The fourth-order valence-electron chi connectivity index (χ4n) is 5.46. The van der Waals surface area contributed by atoms with Crippen molar-refractivity contribution in [3.8, 4) is 5.75 Å². The van der Waals surface area contributed by atoms with Crippen LogP contribution in [-0.2, 0) is 22.0 Å². The van der Waals surface area contributed by atoms with Crippen LogP contribution in [0.15, 0.2) is 77.3 Å². The van der Waals surface area contributed by atoms with Crippen molar-refractivity contribution in [3.63, 3.8) is 0 Å². The lowest BCUT2D eigenvalue weighted by Crippen LogP contribution is -2.39. The highest BCUT2D eigenvalue weighted by molar-refractivity contribution is 9.11. The summed E-state index contributed by atoms with van der Waals surface area (Å²) in [5, 5.41) is 0. The summed E-state index contributed by atoms with van der Waals surface area (Å²) in [6, 6.07) is 22.9. The Morgan fingerprint density at radius 3 is 2.29 bits per heavy atom. The van der Waals surface area contributed by atoms with E-state index >= 15 is 8.78 Å². The number of halogens is 3. The standard InChI is InChI=1S/C31H32BrF2NO3/c1-36-30(37-2)23-14-16-35(17-15-23)24-10-8-22(9-11-24)29-26-13-12-25(38-20-21-6-4-3-5-7-21)18-27(26)31(33,34)19-28(29)32/h3-13,18,23,30H,14-17,19-20H2,1-2H3. The summed E-state index contributed by atoms with van der Waals surface area (Å²) in [6.07, 6.45) is 1.43. The zero-order chi connectivity index (χ0) is 26.7. The highest BCUT2D eigenvalue weighted by Crippen LogP contribution is 2.50. The molecule has 3 aromatic carbocycles. The van der Waals surface area contributed by atoms with Crippen LogP contribution in [0, 0.1) is 5.92 Å². The van der Waals surface area contributed by atoms with Gasteiger partial charge in [0.05, 0.1) is 0 Å². The topological polar surface area (TPSA) is 30.9 Å². The average Bonchev–Trinajstić information content (AvgIpc) is 2.94. The third-order valence-corrected chi connectivity index (χ3v) is 8.14. The van der Waals surface area contributed by atoms with E-state index in [-0.39, 0.29) is 18.3 Å². The average molecular weight is 585 g/mol. The Hall–Kier alpha value is -2.74. The molecule has 0 atom stereocenters. The monoisotopic (exact) mass is 583 g/mol. The zero-order valence-corrected chi connectivity index (χ0v) is 23.2. The van der Waals surface area contributed by atoms with Gasteiger partial charge in [-0.05, 0) is 59.4 Å². The fourth-order valence-corrected chi connectivity index (χ4v) is 6.26. The third-order valence-electron chi connectivity index (χ3n) is 7.46. The van der Waals surface area contributed by atoms with E-state index in [1.54, 1.807) is 26.4 Å². The highest BCUT2D eigenvalue weighted by Gasteiger charge is 2.40. The first-order chi connectivity index (χ1) is 18.4. The summed E-state index contributed by atoms with van der Waals surface area (Å²) in [5.41, 5.74) is 4.35. The lowest BCUT2D eigenvalue weighted by Gasteiger charge is -2.36. The predicted octanol–water partition coefficient (Wildman–Crippen LogP) is 7.75. The SMILES string of the molecule is COC(OC)C1CCN(c2ccc(C3=C(Br)CC(F)(F)c4cc(OCc5ccccc5)ccc43)cc2)CC1. The first-order valence-electron chi connectivity index (χ1n) is 12.9. The van der Waals surface area contributed by atoms with Crippen LogP contribution in [0.1, 0.15) is 41.5 Å². The van der Waals surface area contributed by atoms with E-state index in [0.717, 1.165) is 48.3 Å². The molecule has 0 bridgehead atoms. The van der Waals surface area contributed by atoms with E-state index in [2.05, 4.69) is 33.0 Å². The molecule has 0 N–H and O–H groups in total. The van der Waals surface area contributed by atoms with Crippen molar-refractivity contribution in [2.24, 2.45) is 5.92 Å². The lowest BCUT2D eigenvalue weighted by atomic mass is 9.84. The van der Waals surface area contributed by atoms with Gasteiger partial charge in [-0.3, -0.25) is 0 Å². The number of methoxy groups -OCH3 is 2. The second-order valence-corrected chi connectivity index (χ2v) is 10.8. The van der Waals surface area contributed by atoms with Crippen molar-refractivity contribution in [2.75, 3.05) is 32.2 Å². The van der Waals surface area contributed by atoms with Crippen LogP contribution in [0.2, 0.25) is 0 Å². The molecule has 4 nitrogen and oxygen atoms in total. The number of hydrogen-bond donors (Lipinski definition) is 0. The molecule has 7 heteroatoms. The van der Waals surface area contributed by atoms with Crippen molar-refractivity contribution < 1.29 is 23.0 Å². The highest BCUT2D eigenvalue weighted by atomic mass is 79.9. The summed E-state index contributed by atoms with van der Waals surface area (Å²) < 4.78 is 47.6. The number of benzene rings is 3. The Morgan fingerprint density at radius 2 is 1.63 bits per heavy atom. The molecule has 2 aliphatic rings. The maximum absolute atomic E-state index is 15.2. The molecular formula is C31H32BrF2NO3.